The molecule has 0 unspecified atom stereocenters. The summed E-state index contributed by atoms with van der Waals surface area (Å²) in [6.07, 6.45) is 2.26. The summed E-state index contributed by atoms with van der Waals surface area (Å²) in [5.41, 5.74) is 2.37. The van der Waals surface area contributed by atoms with E-state index in [0.717, 1.165) is 37.4 Å². The third-order valence-corrected chi connectivity index (χ3v) is 2.94. The molecular weight excluding hydrogens is 234 g/mol. The smallest absolute Gasteiger partial charge is 0.121 e. The van der Waals surface area contributed by atoms with Crippen LogP contribution in [0.1, 0.15) is 25.3 Å². The Morgan fingerprint density at radius 2 is 1.84 bits per heavy atom. The molecule has 0 aliphatic carbocycles. The van der Waals surface area contributed by atoms with Crippen LogP contribution in [-0.2, 0) is 6.54 Å². The predicted octanol–water partition coefficient (Wildman–Crippen LogP) is 4.48. The van der Waals surface area contributed by atoms with Crippen LogP contribution in [0.5, 0.6) is 5.75 Å². The molecule has 0 atom stereocenters. The summed E-state index contributed by atoms with van der Waals surface area (Å²) in [6, 6.07) is 18.5. The molecule has 0 fully saturated rings. The van der Waals surface area contributed by atoms with Crippen molar-refractivity contribution >= 4 is 5.69 Å². The van der Waals surface area contributed by atoms with E-state index in [1.807, 2.05) is 18.2 Å². The molecule has 2 aromatic carbocycles. The van der Waals surface area contributed by atoms with Gasteiger partial charge in [-0.15, -0.1) is 0 Å². The highest BCUT2D eigenvalue weighted by atomic mass is 16.5. The molecule has 2 rings (SSSR count). The molecule has 0 aromatic heterocycles. The van der Waals surface area contributed by atoms with Gasteiger partial charge in [-0.2, -0.15) is 0 Å². The number of anilines is 1. The molecule has 0 saturated carbocycles. The van der Waals surface area contributed by atoms with Gasteiger partial charge in [-0.05, 0) is 24.1 Å². The van der Waals surface area contributed by atoms with Crippen molar-refractivity contribution < 1.29 is 4.74 Å². The molecule has 2 nitrogen and oxygen atoms in total. The van der Waals surface area contributed by atoms with Crippen molar-refractivity contribution in [2.45, 2.75) is 26.3 Å². The van der Waals surface area contributed by atoms with E-state index in [9.17, 15) is 0 Å². The second-order valence-electron chi connectivity index (χ2n) is 4.57. The highest BCUT2D eigenvalue weighted by Crippen LogP contribution is 2.18. The van der Waals surface area contributed by atoms with Crippen LogP contribution in [0.25, 0.3) is 0 Å². The number of nitrogens with one attached hydrogen (secondary N) is 1. The zero-order valence-electron chi connectivity index (χ0n) is 11.4. The maximum Gasteiger partial charge on any atom is 0.121 e. The number of unbranched alkanes of at least 4 members (excludes halogenated alkanes) is 1. The van der Waals surface area contributed by atoms with E-state index in [0.29, 0.717) is 0 Å². The van der Waals surface area contributed by atoms with Crippen molar-refractivity contribution in [3.63, 3.8) is 0 Å². The van der Waals surface area contributed by atoms with Gasteiger partial charge in [0, 0.05) is 18.3 Å². The van der Waals surface area contributed by atoms with Crippen LogP contribution in [0.3, 0.4) is 0 Å². The molecule has 0 heterocycles. The Morgan fingerprint density at radius 3 is 2.63 bits per heavy atom. The van der Waals surface area contributed by atoms with Crippen molar-refractivity contribution in [3.05, 3.63) is 60.2 Å². The number of hydrogen-bond donors (Lipinski definition) is 1. The highest BCUT2D eigenvalue weighted by Gasteiger charge is 1.97. The monoisotopic (exact) mass is 255 g/mol. The summed E-state index contributed by atoms with van der Waals surface area (Å²) < 4.78 is 5.70. The summed E-state index contributed by atoms with van der Waals surface area (Å²) in [6.45, 7) is 3.79. The number of rotatable bonds is 7. The lowest BCUT2D eigenvalue weighted by Gasteiger charge is -2.09. The normalized spacial score (nSPS) is 10.2. The van der Waals surface area contributed by atoms with Crippen LogP contribution in [-0.4, -0.2) is 6.61 Å². The van der Waals surface area contributed by atoms with Crippen molar-refractivity contribution in [3.8, 4) is 5.75 Å². The molecule has 0 radical (unpaired) electrons. The molecule has 1 N–H and O–H groups in total. The van der Waals surface area contributed by atoms with Gasteiger partial charge in [0.15, 0.2) is 0 Å². The van der Waals surface area contributed by atoms with Crippen LogP contribution < -0.4 is 10.1 Å². The fourth-order valence-electron chi connectivity index (χ4n) is 1.83. The van der Waals surface area contributed by atoms with Gasteiger partial charge < -0.3 is 10.1 Å². The highest BCUT2D eigenvalue weighted by molar-refractivity contribution is 5.48. The van der Waals surface area contributed by atoms with Gasteiger partial charge in [0.05, 0.1) is 6.61 Å². The van der Waals surface area contributed by atoms with Crippen LogP contribution in [0.4, 0.5) is 5.69 Å². The minimum absolute atomic E-state index is 0.790. The lowest BCUT2D eigenvalue weighted by Crippen LogP contribution is -2.00. The van der Waals surface area contributed by atoms with Crippen molar-refractivity contribution in [2.24, 2.45) is 0 Å². The first-order chi connectivity index (χ1) is 9.38. The summed E-state index contributed by atoms with van der Waals surface area (Å²) >= 11 is 0. The Morgan fingerprint density at radius 1 is 1.00 bits per heavy atom. The molecule has 0 spiro atoms. The molecule has 0 aliphatic rings. The Bertz CT molecular complexity index is 482. The largest absolute Gasteiger partial charge is 0.494 e. The minimum Gasteiger partial charge on any atom is -0.494 e. The summed E-state index contributed by atoms with van der Waals surface area (Å²) in [4.78, 5) is 0. The lowest BCUT2D eigenvalue weighted by atomic mass is 10.2. The van der Waals surface area contributed by atoms with Gasteiger partial charge in [-0.1, -0.05) is 49.7 Å². The molecule has 2 heteroatoms. The van der Waals surface area contributed by atoms with E-state index in [4.69, 9.17) is 4.74 Å². The second kappa shape index (κ2) is 7.47. The molecule has 0 aliphatic heterocycles. The minimum atomic E-state index is 0.790. The fourth-order valence-corrected chi connectivity index (χ4v) is 1.83. The average Bonchev–Trinajstić information content (AvgIpc) is 2.47. The maximum absolute atomic E-state index is 5.70. The predicted molar refractivity (Wildman–Crippen MR) is 80.6 cm³/mol. The first-order valence-electron chi connectivity index (χ1n) is 6.89. The zero-order valence-corrected chi connectivity index (χ0v) is 11.4. The van der Waals surface area contributed by atoms with Gasteiger partial charge >= 0.3 is 0 Å². The standard InChI is InChI=1S/C17H21NO/c1-2-3-12-19-17-11-7-10-16(13-17)18-14-15-8-5-4-6-9-15/h4-11,13,18H,2-3,12,14H2,1H3. The van der Waals surface area contributed by atoms with Crippen molar-refractivity contribution in [1.29, 1.82) is 0 Å². The van der Waals surface area contributed by atoms with Gasteiger partial charge in [0.1, 0.15) is 5.75 Å². The van der Waals surface area contributed by atoms with Crippen LogP contribution in [0, 0.1) is 0 Å². The number of ether oxygens (including phenoxy) is 1. The SMILES string of the molecule is CCCCOc1cccc(NCc2ccccc2)c1. The van der Waals surface area contributed by atoms with E-state index in [-0.39, 0.29) is 0 Å². The quantitative estimate of drug-likeness (QED) is 0.737. The molecule has 19 heavy (non-hydrogen) atoms. The first-order valence-corrected chi connectivity index (χ1v) is 6.89. The maximum atomic E-state index is 5.70. The van der Waals surface area contributed by atoms with E-state index < -0.39 is 0 Å². The average molecular weight is 255 g/mol. The lowest BCUT2D eigenvalue weighted by molar-refractivity contribution is 0.309. The van der Waals surface area contributed by atoms with E-state index in [2.05, 4.69) is 48.6 Å². The summed E-state index contributed by atoms with van der Waals surface area (Å²) in [5.74, 6) is 0.937. The molecule has 0 bridgehead atoms. The van der Waals surface area contributed by atoms with Gasteiger partial charge in [0.2, 0.25) is 0 Å². The van der Waals surface area contributed by atoms with Crippen molar-refractivity contribution in [1.82, 2.24) is 0 Å². The Hall–Kier alpha value is -1.96. The summed E-state index contributed by atoms with van der Waals surface area (Å²) in [5, 5.41) is 3.41. The van der Waals surface area contributed by atoms with Gasteiger partial charge in [-0.3, -0.25) is 0 Å². The molecule has 0 saturated heterocycles. The van der Waals surface area contributed by atoms with Gasteiger partial charge in [-0.25, -0.2) is 0 Å². The second-order valence-corrected chi connectivity index (χ2v) is 4.57. The molecule has 0 amide bonds. The molecule has 100 valence electrons. The van der Waals surface area contributed by atoms with E-state index in [1.165, 1.54) is 5.56 Å². The van der Waals surface area contributed by atoms with Crippen LogP contribution in [0.15, 0.2) is 54.6 Å². The Balaban J connectivity index is 1.88. The summed E-state index contributed by atoms with van der Waals surface area (Å²) in [7, 11) is 0. The number of benzene rings is 2. The van der Waals surface area contributed by atoms with E-state index in [1.54, 1.807) is 0 Å². The zero-order chi connectivity index (χ0) is 13.3. The van der Waals surface area contributed by atoms with Crippen molar-refractivity contribution in [2.75, 3.05) is 11.9 Å². The number of hydrogen-bond acceptors (Lipinski definition) is 2. The topological polar surface area (TPSA) is 21.3 Å². The Kier molecular flexibility index (Phi) is 5.30. The van der Waals surface area contributed by atoms with Crippen LogP contribution in [0.2, 0.25) is 0 Å². The van der Waals surface area contributed by atoms with Gasteiger partial charge in [0.25, 0.3) is 0 Å². The Labute approximate surface area is 115 Å². The van der Waals surface area contributed by atoms with Crippen LogP contribution >= 0.6 is 0 Å². The van der Waals surface area contributed by atoms with E-state index >= 15 is 0 Å². The fraction of sp³-hybridized carbons (Fsp3) is 0.294. The molecule has 2 aromatic rings. The third-order valence-electron chi connectivity index (χ3n) is 2.94. The first kappa shape index (κ1) is 13.5. The molecular formula is C17H21NO. The third kappa shape index (κ3) is 4.66.